The number of ether oxygens (including phenoxy) is 2. The summed E-state index contributed by atoms with van der Waals surface area (Å²) in [5.41, 5.74) is -0.155. The van der Waals surface area contributed by atoms with E-state index < -0.39 is 35.7 Å². The Balaban J connectivity index is 1.77. The molecule has 8 nitrogen and oxygen atoms in total. The van der Waals surface area contributed by atoms with Crippen LogP contribution in [0.1, 0.15) is 24.5 Å². The molecule has 2 aromatic rings. The van der Waals surface area contributed by atoms with Gasteiger partial charge < -0.3 is 19.7 Å². The number of benzene rings is 2. The monoisotopic (exact) mass is 443 g/mol. The minimum atomic E-state index is -1.33. The lowest BCUT2D eigenvalue weighted by Gasteiger charge is -2.26. The third-order valence-electron chi connectivity index (χ3n) is 5.65. The number of likely N-dealkylation sites (N-methyl/N-ethyl adjacent to an activating group) is 1. The zero-order valence-corrected chi connectivity index (χ0v) is 18.5. The van der Waals surface area contributed by atoms with Crippen molar-refractivity contribution in [3.8, 4) is 11.5 Å². The molecule has 1 atom stereocenters. The molecule has 9 heteroatoms. The molecule has 3 rings (SSSR count). The van der Waals surface area contributed by atoms with E-state index in [1.165, 1.54) is 43.4 Å². The number of rotatable bonds is 8. The van der Waals surface area contributed by atoms with Crippen molar-refractivity contribution in [2.24, 2.45) is 0 Å². The molecular formula is C23H26FN3O5. The van der Waals surface area contributed by atoms with E-state index in [1.54, 1.807) is 32.2 Å². The Labute approximate surface area is 185 Å². The fraction of sp³-hybridized carbons (Fsp3) is 0.348. The van der Waals surface area contributed by atoms with Crippen LogP contribution in [0.4, 0.5) is 9.18 Å². The number of nitrogens with zero attached hydrogens (tertiary/aromatic N) is 2. The van der Waals surface area contributed by atoms with Crippen LogP contribution in [0.2, 0.25) is 0 Å². The number of urea groups is 1. The summed E-state index contributed by atoms with van der Waals surface area (Å²) in [6, 6.07) is 10.1. The number of carbonyl (C=O) groups excluding carboxylic acids is 3. The Hall–Kier alpha value is -3.62. The lowest BCUT2D eigenvalue weighted by atomic mass is 9.87. The molecule has 1 fully saturated rings. The lowest BCUT2D eigenvalue weighted by molar-refractivity contribution is -0.138. The van der Waals surface area contributed by atoms with Crippen LogP contribution in [0.3, 0.4) is 0 Å². The van der Waals surface area contributed by atoms with Gasteiger partial charge in [-0.25, -0.2) is 9.18 Å². The van der Waals surface area contributed by atoms with Gasteiger partial charge in [-0.1, -0.05) is 31.2 Å². The Morgan fingerprint density at radius 1 is 1.12 bits per heavy atom. The standard InChI is InChI=1S/C23H26FN3O5/c1-5-23(16-9-11-17(24)12-10-16)21(29)27(22(30)25-23)14-19(28)26(2)13-15-7-6-8-18(31-3)20(15)32-4/h6-12H,5,13-14H2,1-4H3,(H,25,30)/t23-/m1/s1. The van der Waals surface area contributed by atoms with E-state index in [0.29, 0.717) is 22.6 Å². The van der Waals surface area contributed by atoms with Crippen molar-refractivity contribution in [1.82, 2.24) is 15.1 Å². The number of methoxy groups -OCH3 is 2. The Kier molecular flexibility index (Phi) is 6.67. The highest BCUT2D eigenvalue weighted by Crippen LogP contribution is 2.33. The summed E-state index contributed by atoms with van der Waals surface area (Å²) in [4.78, 5) is 41.0. The molecule has 170 valence electrons. The molecule has 0 aromatic heterocycles. The number of amides is 4. The van der Waals surface area contributed by atoms with Crippen LogP contribution in [0.25, 0.3) is 0 Å². The lowest BCUT2D eigenvalue weighted by Crippen LogP contribution is -2.45. The van der Waals surface area contributed by atoms with Gasteiger partial charge >= 0.3 is 6.03 Å². The van der Waals surface area contributed by atoms with Crippen LogP contribution in [0.5, 0.6) is 11.5 Å². The highest BCUT2D eigenvalue weighted by Gasteiger charge is 2.51. The number of hydrogen-bond donors (Lipinski definition) is 1. The van der Waals surface area contributed by atoms with Gasteiger partial charge in [-0.05, 0) is 30.2 Å². The normalized spacial score (nSPS) is 17.8. The maximum atomic E-state index is 13.3. The first kappa shape index (κ1) is 23.1. The summed E-state index contributed by atoms with van der Waals surface area (Å²) in [5, 5.41) is 2.69. The molecule has 0 unspecified atom stereocenters. The van der Waals surface area contributed by atoms with Gasteiger partial charge in [-0.2, -0.15) is 0 Å². The van der Waals surface area contributed by atoms with Crippen LogP contribution in [0.15, 0.2) is 42.5 Å². The molecule has 1 heterocycles. The van der Waals surface area contributed by atoms with Crippen molar-refractivity contribution < 1.29 is 28.2 Å². The van der Waals surface area contributed by atoms with Crippen molar-refractivity contribution in [3.05, 3.63) is 59.4 Å². The van der Waals surface area contributed by atoms with Gasteiger partial charge in [0, 0.05) is 19.2 Å². The Bertz CT molecular complexity index is 1030. The molecule has 0 aliphatic carbocycles. The number of imide groups is 1. The topological polar surface area (TPSA) is 88.2 Å². The van der Waals surface area contributed by atoms with Gasteiger partial charge in [0.05, 0.1) is 14.2 Å². The molecule has 0 radical (unpaired) electrons. The van der Waals surface area contributed by atoms with Crippen molar-refractivity contribution in [2.75, 3.05) is 27.8 Å². The largest absolute Gasteiger partial charge is 0.493 e. The molecule has 32 heavy (non-hydrogen) atoms. The zero-order valence-electron chi connectivity index (χ0n) is 18.5. The minimum absolute atomic E-state index is 0.194. The average Bonchev–Trinajstić information content (AvgIpc) is 3.04. The molecule has 4 amide bonds. The average molecular weight is 443 g/mol. The molecule has 1 N–H and O–H groups in total. The molecule has 1 aliphatic rings. The van der Waals surface area contributed by atoms with E-state index in [9.17, 15) is 18.8 Å². The van der Waals surface area contributed by atoms with Crippen molar-refractivity contribution in [3.63, 3.8) is 0 Å². The summed E-state index contributed by atoms with van der Waals surface area (Å²) >= 11 is 0. The number of para-hydroxylation sites is 1. The van der Waals surface area contributed by atoms with Gasteiger partial charge in [0.1, 0.15) is 17.9 Å². The number of carbonyl (C=O) groups is 3. The van der Waals surface area contributed by atoms with Gasteiger partial charge in [-0.3, -0.25) is 14.5 Å². The molecule has 2 aromatic carbocycles. The highest BCUT2D eigenvalue weighted by molar-refractivity contribution is 6.09. The minimum Gasteiger partial charge on any atom is -0.493 e. The third-order valence-corrected chi connectivity index (χ3v) is 5.65. The molecule has 0 spiro atoms. The number of halogens is 1. The summed E-state index contributed by atoms with van der Waals surface area (Å²) in [7, 11) is 4.61. The second-order valence-electron chi connectivity index (χ2n) is 7.49. The third kappa shape index (κ3) is 4.10. The predicted octanol–water partition coefficient (Wildman–Crippen LogP) is 2.66. The van der Waals surface area contributed by atoms with E-state index in [0.717, 1.165) is 4.90 Å². The molecule has 0 saturated carbocycles. The fourth-order valence-electron chi connectivity index (χ4n) is 3.82. The second-order valence-corrected chi connectivity index (χ2v) is 7.49. The van der Waals surface area contributed by atoms with Crippen LogP contribution < -0.4 is 14.8 Å². The Morgan fingerprint density at radius 2 is 1.81 bits per heavy atom. The summed E-state index contributed by atoms with van der Waals surface area (Å²) in [5.74, 6) is -0.377. The first-order valence-electron chi connectivity index (χ1n) is 10.1. The number of hydrogen-bond acceptors (Lipinski definition) is 5. The first-order chi connectivity index (χ1) is 15.3. The van der Waals surface area contributed by atoms with Gasteiger partial charge in [-0.15, -0.1) is 0 Å². The quantitative estimate of drug-likeness (QED) is 0.634. The van der Waals surface area contributed by atoms with Crippen LogP contribution in [-0.4, -0.2) is 55.5 Å². The Morgan fingerprint density at radius 3 is 2.41 bits per heavy atom. The zero-order chi connectivity index (χ0) is 23.5. The smallest absolute Gasteiger partial charge is 0.325 e. The van der Waals surface area contributed by atoms with Crippen molar-refractivity contribution >= 4 is 17.8 Å². The van der Waals surface area contributed by atoms with Crippen LogP contribution in [0, 0.1) is 5.82 Å². The first-order valence-corrected chi connectivity index (χ1v) is 10.1. The van der Waals surface area contributed by atoms with E-state index in [-0.39, 0.29) is 13.0 Å². The highest BCUT2D eigenvalue weighted by atomic mass is 19.1. The summed E-state index contributed by atoms with van der Waals surface area (Å²) in [6.07, 6.45) is 0.255. The maximum Gasteiger partial charge on any atom is 0.325 e. The molecular weight excluding hydrogens is 417 g/mol. The SMILES string of the molecule is CC[C@]1(c2ccc(F)cc2)NC(=O)N(CC(=O)N(C)Cc2cccc(OC)c2OC)C1=O. The van der Waals surface area contributed by atoms with Gasteiger partial charge in [0.15, 0.2) is 11.5 Å². The second kappa shape index (κ2) is 9.25. The van der Waals surface area contributed by atoms with Crippen LogP contribution >= 0.6 is 0 Å². The van der Waals surface area contributed by atoms with Gasteiger partial charge in [0.25, 0.3) is 5.91 Å². The van der Waals surface area contributed by atoms with E-state index in [2.05, 4.69) is 5.32 Å². The maximum absolute atomic E-state index is 13.3. The van der Waals surface area contributed by atoms with E-state index in [4.69, 9.17) is 9.47 Å². The number of nitrogens with one attached hydrogen (secondary N) is 1. The van der Waals surface area contributed by atoms with Gasteiger partial charge in [0.2, 0.25) is 5.91 Å². The van der Waals surface area contributed by atoms with E-state index in [1.807, 2.05) is 0 Å². The summed E-state index contributed by atoms with van der Waals surface area (Å²) < 4.78 is 24.0. The molecule has 1 saturated heterocycles. The predicted molar refractivity (Wildman–Crippen MR) is 115 cm³/mol. The fourth-order valence-corrected chi connectivity index (χ4v) is 3.82. The molecule has 0 bridgehead atoms. The van der Waals surface area contributed by atoms with Crippen LogP contribution in [-0.2, 0) is 21.7 Å². The summed E-state index contributed by atoms with van der Waals surface area (Å²) in [6.45, 7) is 1.52. The van der Waals surface area contributed by atoms with Crippen molar-refractivity contribution in [1.29, 1.82) is 0 Å². The van der Waals surface area contributed by atoms with Crippen molar-refractivity contribution in [2.45, 2.75) is 25.4 Å². The van der Waals surface area contributed by atoms with E-state index >= 15 is 0 Å². The molecule has 1 aliphatic heterocycles.